The van der Waals surface area contributed by atoms with Crippen molar-refractivity contribution < 1.29 is 0 Å². The Morgan fingerprint density at radius 3 is 2.79 bits per heavy atom. The molecule has 2 N–H and O–H groups in total. The normalized spacial score (nSPS) is 17.1. The zero-order valence-electron chi connectivity index (χ0n) is 11.7. The number of aryl methyl sites for hydroxylation is 1. The van der Waals surface area contributed by atoms with Crippen molar-refractivity contribution in [3.8, 4) is 0 Å². The van der Waals surface area contributed by atoms with Crippen molar-refractivity contribution in [2.45, 2.75) is 52.0 Å². The molecule has 1 fully saturated rings. The zero-order valence-corrected chi connectivity index (χ0v) is 11.7. The third-order valence-electron chi connectivity index (χ3n) is 4.33. The average Bonchev–Trinajstić information content (AvgIpc) is 2.77. The van der Waals surface area contributed by atoms with E-state index in [1.807, 2.05) is 12.1 Å². The molecule has 0 radical (unpaired) electrons. The third kappa shape index (κ3) is 2.46. The van der Waals surface area contributed by atoms with E-state index in [0.717, 1.165) is 30.1 Å². The Labute approximate surface area is 114 Å². The van der Waals surface area contributed by atoms with Gasteiger partial charge in [0.05, 0.1) is 11.0 Å². The molecule has 3 heteroatoms. The highest BCUT2D eigenvalue weighted by Gasteiger charge is 2.17. The van der Waals surface area contributed by atoms with Crippen LogP contribution in [0.3, 0.4) is 0 Å². The first-order valence-electron chi connectivity index (χ1n) is 7.52. The molecule has 3 nitrogen and oxygen atoms in total. The number of rotatable bonds is 3. The van der Waals surface area contributed by atoms with Crippen LogP contribution in [0.2, 0.25) is 0 Å². The Kier molecular flexibility index (Phi) is 3.45. The molecule has 3 rings (SSSR count). The number of imidazole rings is 1. The van der Waals surface area contributed by atoms with E-state index in [0.29, 0.717) is 0 Å². The number of aromatic nitrogens is 2. The fourth-order valence-electron chi connectivity index (χ4n) is 3.30. The molecule has 19 heavy (non-hydrogen) atoms. The van der Waals surface area contributed by atoms with Crippen molar-refractivity contribution in [1.82, 2.24) is 9.55 Å². The topological polar surface area (TPSA) is 43.8 Å². The summed E-state index contributed by atoms with van der Waals surface area (Å²) in [5.74, 6) is 2.03. The minimum Gasteiger partial charge on any atom is -0.399 e. The van der Waals surface area contributed by atoms with Gasteiger partial charge in [-0.1, -0.05) is 26.2 Å². The van der Waals surface area contributed by atoms with E-state index >= 15 is 0 Å². The second-order valence-corrected chi connectivity index (χ2v) is 5.74. The average molecular weight is 257 g/mol. The van der Waals surface area contributed by atoms with E-state index in [4.69, 9.17) is 10.7 Å². The van der Waals surface area contributed by atoms with Gasteiger partial charge in [-0.05, 0) is 37.0 Å². The molecule has 0 amide bonds. The SMILES string of the molecule is CCc1nc2cc(N)ccc2n1CC1CCCCC1. The number of hydrogen-bond donors (Lipinski definition) is 1. The Morgan fingerprint density at radius 2 is 2.05 bits per heavy atom. The number of benzene rings is 1. The highest BCUT2D eigenvalue weighted by Crippen LogP contribution is 2.28. The van der Waals surface area contributed by atoms with Gasteiger partial charge < -0.3 is 10.3 Å². The Hall–Kier alpha value is -1.51. The van der Waals surface area contributed by atoms with Gasteiger partial charge in [-0.2, -0.15) is 0 Å². The molecular weight excluding hydrogens is 234 g/mol. The predicted molar refractivity (Wildman–Crippen MR) is 80.1 cm³/mol. The van der Waals surface area contributed by atoms with Crippen LogP contribution in [-0.4, -0.2) is 9.55 Å². The van der Waals surface area contributed by atoms with Crippen LogP contribution < -0.4 is 5.73 Å². The van der Waals surface area contributed by atoms with Gasteiger partial charge >= 0.3 is 0 Å². The second-order valence-electron chi connectivity index (χ2n) is 5.74. The summed E-state index contributed by atoms with van der Waals surface area (Å²) < 4.78 is 2.42. The quantitative estimate of drug-likeness (QED) is 0.851. The summed E-state index contributed by atoms with van der Waals surface area (Å²) >= 11 is 0. The summed E-state index contributed by atoms with van der Waals surface area (Å²) in [7, 11) is 0. The summed E-state index contributed by atoms with van der Waals surface area (Å²) in [5.41, 5.74) is 8.96. The van der Waals surface area contributed by atoms with Crippen LogP contribution >= 0.6 is 0 Å². The van der Waals surface area contributed by atoms with Crippen LogP contribution in [0.15, 0.2) is 18.2 Å². The smallest absolute Gasteiger partial charge is 0.109 e. The van der Waals surface area contributed by atoms with Gasteiger partial charge in [-0.25, -0.2) is 4.98 Å². The minimum atomic E-state index is 0.803. The number of nitrogens with zero attached hydrogens (tertiary/aromatic N) is 2. The number of nitrogens with two attached hydrogens (primary N) is 1. The van der Waals surface area contributed by atoms with Crippen LogP contribution in [-0.2, 0) is 13.0 Å². The Balaban J connectivity index is 1.95. The van der Waals surface area contributed by atoms with Crippen molar-refractivity contribution in [3.05, 3.63) is 24.0 Å². The largest absolute Gasteiger partial charge is 0.399 e. The Bertz CT molecular complexity index is 565. The fraction of sp³-hybridized carbons (Fsp3) is 0.562. The monoisotopic (exact) mass is 257 g/mol. The molecule has 2 aromatic rings. The van der Waals surface area contributed by atoms with E-state index < -0.39 is 0 Å². The van der Waals surface area contributed by atoms with Crippen molar-refractivity contribution in [2.24, 2.45) is 5.92 Å². The highest BCUT2D eigenvalue weighted by atomic mass is 15.1. The molecular formula is C16H23N3. The summed E-state index contributed by atoms with van der Waals surface area (Å²) in [4.78, 5) is 4.74. The molecule has 1 aromatic heterocycles. The van der Waals surface area contributed by atoms with Crippen LogP contribution in [0.4, 0.5) is 5.69 Å². The number of fused-ring (bicyclic) bond motifs is 1. The lowest BCUT2D eigenvalue weighted by molar-refractivity contribution is 0.319. The molecule has 1 heterocycles. The van der Waals surface area contributed by atoms with E-state index in [1.54, 1.807) is 0 Å². The summed E-state index contributed by atoms with van der Waals surface area (Å²) in [5, 5.41) is 0. The lowest BCUT2D eigenvalue weighted by Crippen LogP contribution is -2.15. The van der Waals surface area contributed by atoms with Gasteiger partial charge in [0.1, 0.15) is 5.82 Å². The zero-order chi connectivity index (χ0) is 13.2. The van der Waals surface area contributed by atoms with Gasteiger partial charge in [0, 0.05) is 18.7 Å². The third-order valence-corrected chi connectivity index (χ3v) is 4.33. The summed E-state index contributed by atoms with van der Waals surface area (Å²) in [6.07, 6.45) is 7.94. The first-order valence-corrected chi connectivity index (χ1v) is 7.52. The summed E-state index contributed by atoms with van der Waals surface area (Å²) in [6.45, 7) is 3.31. The lowest BCUT2D eigenvalue weighted by atomic mass is 9.89. The van der Waals surface area contributed by atoms with Crippen molar-refractivity contribution >= 4 is 16.7 Å². The Morgan fingerprint density at radius 1 is 1.26 bits per heavy atom. The lowest BCUT2D eigenvalue weighted by Gasteiger charge is -2.23. The van der Waals surface area contributed by atoms with Crippen LogP contribution in [0.1, 0.15) is 44.9 Å². The predicted octanol–water partition coefficient (Wildman–Crippen LogP) is 3.76. The maximum absolute atomic E-state index is 5.86. The number of hydrogen-bond acceptors (Lipinski definition) is 2. The van der Waals surface area contributed by atoms with E-state index in [-0.39, 0.29) is 0 Å². The molecule has 0 atom stereocenters. The maximum Gasteiger partial charge on any atom is 0.109 e. The molecule has 1 aliphatic rings. The van der Waals surface area contributed by atoms with Crippen molar-refractivity contribution in [2.75, 3.05) is 5.73 Å². The van der Waals surface area contributed by atoms with Crippen LogP contribution in [0, 0.1) is 5.92 Å². The van der Waals surface area contributed by atoms with Gasteiger partial charge in [-0.3, -0.25) is 0 Å². The van der Waals surface area contributed by atoms with Crippen LogP contribution in [0.25, 0.3) is 11.0 Å². The van der Waals surface area contributed by atoms with Crippen LogP contribution in [0.5, 0.6) is 0 Å². The molecule has 0 spiro atoms. The standard InChI is InChI=1S/C16H23N3/c1-2-16-18-14-10-13(17)8-9-15(14)19(16)11-12-6-4-3-5-7-12/h8-10,12H,2-7,11,17H2,1H3. The van der Waals surface area contributed by atoms with Crippen molar-refractivity contribution in [3.63, 3.8) is 0 Å². The van der Waals surface area contributed by atoms with Crippen molar-refractivity contribution in [1.29, 1.82) is 0 Å². The number of nitrogen functional groups attached to an aromatic ring is 1. The van der Waals surface area contributed by atoms with E-state index in [9.17, 15) is 0 Å². The van der Waals surface area contributed by atoms with Gasteiger partial charge in [0.25, 0.3) is 0 Å². The summed E-state index contributed by atoms with van der Waals surface area (Å²) in [6, 6.07) is 6.10. The molecule has 1 aromatic carbocycles. The molecule has 0 saturated heterocycles. The molecule has 1 aliphatic carbocycles. The minimum absolute atomic E-state index is 0.803. The second kappa shape index (κ2) is 5.24. The number of anilines is 1. The molecule has 0 unspecified atom stereocenters. The molecule has 1 saturated carbocycles. The first-order chi connectivity index (χ1) is 9.28. The first kappa shape index (κ1) is 12.5. The van der Waals surface area contributed by atoms with Gasteiger partial charge in [0.15, 0.2) is 0 Å². The molecule has 102 valence electrons. The maximum atomic E-state index is 5.86. The highest BCUT2D eigenvalue weighted by molar-refractivity contribution is 5.79. The van der Waals surface area contributed by atoms with E-state index in [1.165, 1.54) is 43.4 Å². The van der Waals surface area contributed by atoms with Gasteiger partial charge in [0.2, 0.25) is 0 Å². The molecule has 0 bridgehead atoms. The van der Waals surface area contributed by atoms with E-state index in [2.05, 4.69) is 17.6 Å². The fourth-order valence-corrected chi connectivity index (χ4v) is 3.30. The molecule has 0 aliphatic heterocycles. The van der Waals surface area contributed by atoms with Gasteiger partial charge in [-0.15, -0.1) is 0 Å².